The Kier molecular flexibility index (Phi) is 5.29. The normalized spacial score (nSPS) is 18.4. The quantitative estimate of drug-likeness (QED) is 0.840. The van der Waals surface area contributed by atoms with Crippen molar-refractivity contribution < 1.29 is 8.42 Å². The summed E-state index contributed by atoms with van der Waals surface area (Å²) in [5, 5.41) is 0.206. The highest BCUT2D eigenvalue weighted by Crippen LogP contribution is 2.25. The summed E-state index contributed by atoms with van der Waals surface area (Å²) in [5.41, 5.74) is 6.05. The minimum Gasteiger partial charge on any atom is -0.399 e. The number of benzene rings is 1. The summed E-state index contributed by atoms with van der Waals surface area (Å²) in [6.07, 6.45) is 7.52. The van der Waals surface area contributed by atoms with Gasteiger partial charge in [-0.15, -0.1) is 0 Å². The van der Waals surface area contributed by atoms with Crippen molar-refractivity contribution in [3.8, 4) is 0 Å². The summed E-state index contributed by atoms with van der Waals surface area (Å²) < 4.78 is 27.6. The monoisotopic (exact) mass is 316 g/mol. The predicted molar refractivity (Wildman–Crippen MR) is 82.3 cm³/mol. The Morgan fingerprint density at radius 3 is 2.35 bits per heavy atom. The van der Waals surface area contributed by atoms with Crippen LogP contribution in [-0.4, -0.2) is 14.5 Å². The van der Waals surface area contributed by atoms with E-state index < -0.39 is 10.0 Å². The molecule has 0 unspecified atom stereocenters. The molecule has 0 bridgehead atoms. The summed E-state index contributed by atoms with van der Waals surface area (Å²) in [4.78, 5) is 0.0706. The zero-order valence-corrected chi connectivity index (χ0v) is 13.0. The molecule has 0 atom stereocenters. The number of sulfonamides is 1. The summed E-state index contributed by atoms with van der Waals surface area (Å²) in [7, 11) is -3.60. The first-order valence-electron chi connectivity index (χ1n) is 7.06. The molecule has 3 N–H and O–H groups in total. The third kappa shape index (κ3) is 4.11. The van der Waals surface area contributed by atoms with Crippen LogP contribution in [0.1, 0.15) is 44.9 Å². The van der Waals surface area contributed by atoms with Crippen molar-refractivity contribution in [3.05, 3.63) is 23.2 Å². The number of hydrogen-bond donors (Lipinski definition) is 2. The molecule has 0 aliphatic heterocycles. The number of halogens is 1. The van der Waals surface area contributed by atoms with Crippen LogP contribution < -0.4 is 10.5 Å². The SMILES string of the molecule is Nc1ccc(Cl)c(S(=O)(=O)NC2CCCCCCC2)c1. The number of hydrogen-bond acceptors (Lipinski definition) is 3. The fourth-order valence-electron chi connectivity index (χ4n) is 2.58. The fraction of sp³-hybridized carbons (Fsp3) is 0.571. The standard InChI is InChI=1S/C14H21ClN2O2S/c15-13-9-8-11(16)10-14(13)20(18,19)17-12-6-4-2-1-3-5-7-12/h8-10,12,17H,1-7,16H2. The average Bonchev–Trinajstić information content (AvgIpc) is 2.35. The Bertz CT molecular complexity index is 552. The van der Waals surface area contributed by atoms with Gasteiger partial charge in [0.15, 0.2) is 0 Å². The van der Waals surface area contributed by atoms with Crippen molar-refractivity contribution in [1.82, 2.24) is 4.72 Å². The maximum absolute atomic E-state index is 12.4. The molecular weight excluding hydrogens is 296 g/mol. The van der Waals surface area contributed by atoms with Gasteiger partial charge in [0.05, 0.1) is 5.02 Å². The van der Waals surface area contributed by atoms with Crippen LogP contribution in [0.2, 0.25) is 5.02 Å². The van der Waals surface area contributed by atoms with E-state index in [1.54, 1.807) is 6.07 Å². The van der Waals surface area contributed by atoms with Gasteiger partial charge in [-0.1, -0.05) is 43.7 Å². The van der Waals surface area contributed by atoms with Crippen LogP contribution >= 0.6 is 11.6 Å². The molecule has 2 rings (SSSR count). The Labute approximate surface area is 125 Å². The highest BCUT2D eigenvalue weighted by Gasteiger charge is 2.23. The van der Waals surface area contributed by atoms with Gasteiger partial charge < -0.3 is 5.73 Å². The van der Waals surface area contributed by atoms with Gasteiger partial charge in [0.1, 0.15) is 4.90 Å². The summed E-state index contributed by atoms with van der Waals surface area (Å²) in [5.74, 6) is 0. The van der Waals surface area contributed by atoms with Crippen LogP contribution in [0.5, 0.6) is 0 Å². The van der Waals surface area contributed by atoms with Crippen molar-refractivity contribution in [2.45, 2.75) is 55.9 Å². The molecule has 0 spiro atoms. The maximum Gasteiger partial charge on any atom is 0.242 e. The van der Waals surface area contributed by atoms with E-state index in [1.807, 2.05) is 0 Å². The molecule has 1 fully saturated rings. The van der Waals surface area contributed by atoms with Crippen molar-refractivity contribution in [3.63, 3.8) is 0 Å². The zero-order valence-electron chi connectivity index (χ0n) is 11.4. The third-order valence-corrected chi connectivity index (χ3v) is 5.67. The highest BCUT2D eigenvalue weighted by molar-refractivity contribution is 7.89. The summed E-state index contributed by atoms with van der Waals surface area (Å²) in [6.45, 7) is 0. The Hall–Kier alpha value is -0.780. The van der Waals surface area contributed by atoms with Crippen molar-refractivity contribution in [2.24, 2.45) is 0 Å². The van der Waals surface area contributed by atoms with E-state index in [9.17, 15) is 8.42 Å². The first-order chi connectivity index (χ1) is 9.49. The topological polar surface area (TPSA) is 72.2 Å². The lowest BCUT2D eigenvalue weighted by molar-refractivity contribution is 0.426. The lowest BCUT2D eigenvalue weighted by Gasteiger charge is -2.21. The molecule has 0 radical (unpaired) electrons. The van der Waals surface area contributed by atoms with E-state index in [4.69, 9.17) is 17.3 Å². The lowest BCUT2D eigenvalue weighted by Crippen LogP contribution is -2.35. The Morgan fingerprint density at radius 2 is 1.70 bits per heavy atom. The van der Waals surface area contributed by atoms with Gasteiger partial charge in [-0.3, -0.25) is 0 Å². The van der Waals surface area contributed by atoms with E-state index in [0.717, 1.165) is 25.7 Å². The van der Waals surface area contributed by atoms with Gasteiger partial charge in [-0.05, 0) is 31.0 Å². The van der Waals surface area contributed by atoms with E-state index in [0.29, 0.717) is 5.69 Å². The second-order valence-corrected chi connectivity index (χ2v) is 7.44. The number of nitrogens with two attached hydrogens (primary N) is 1. The van der Waals surface area contributed by atoms with Crippen LogP contribution in [0.4, 0.5) is 5.69 Å². The fourth-order valence-corrected chi connectivity index (χ4v) is 4.42. The van der Waals surface area contributed by atoms with Crippen LogP contribution in [0.3, 0.4) is 0 Å². The van der Waals surface area contributed by atoms with Gasteiger partial charge in [0.25, 0.3) is 0 Å². The van der Waals surface area contributed by atoms with E-state index in [1.165, 1.54) is 31.4 Å². The number of nitrogens with one attached hydrogen (secondary N) is 1. The molecule has 6 heteroatoms. The van der Waals surface area contributed by atoms with Crippen LogP contribution in [-0.2, 0) is 10.0 Å². The van der Waals surface area contributed by atoms with Gasteiger partial charge in [-0.25, -0.2) is 13.1 Å². The molecule has 0 aromatic heterocycles. The van der Waals surface area contributed by atoms with Crippen molar-refractivity contribution in [1.29, 1.82) is 0 Å². The third-order valence-electron chi connectivity index (χ3n) is 3.67. The lowest BCUT2D eigenvalue weighted by atomic mass is 9.97. The van der Waals surface area contributed by atoms with E-state index in [2.05, 4.69) is 4.72 Å². The van der Waals surface area contributed by atoms with Crippen molar-refractivity contribution >= 4 is 27.3 Å². The maximum atomic E-state index is 12.4. The van der Waals surface area contributed by atoms with E-state index in [-0.39, 0.29) is 16.0 Å². The smallest absolute Gasteiger partial charge is 0.242 e. The molecular formula is C14H21ClN2O2S. The number of nitrogen functional groups attached to an aromatic ring is 1. The molecule has 0 saturated heterocycles. The number of rotatable bonds is 3. The second-order valence-electron chi connectivity index (χ2n) is 5.35. The highest BCUT2D eigenvalue weighted by atomic mass is 35.5. The average molecular weight is 317 g/mol. The molecule has 1 aliphatic rings. The molecule has 1 aromatic carbocycles. The Morgan fingerprint density at radius 1 is 1.10 bits per heavy atom. The molecule has 0 heterocycles. The molecule has 0 amide bonds. The minimum atomic E-state index is -3.60. The first kappa shape index (κ1) is 15.6. The predicted octanol–water partition coefficient (Wildman–Crippen LogP) is 3.31. The second kappa shape index (κ2) is 6.78. The first-order valence-corrected chi connectivity index (χ1v) is 8.92. The molecule has 4 nitrogen and oxygen atoms in total. The molecule has 112 valence electrons. The van der Waals surface area contributed by atoms with Gasteiger partial charge in [-0.2, -0.15) is 0 Å². The van der Waals surface area contributed by atoms with Gasteiger partial charge in [0.2, 0.25) is 10.0 Å². The molecule has 1 saturated carbocycles. The summed E-state index contributed by atoms with van der Waals surface area (Å²) >= 11 is 5.98. The van der Waals surface area contributed by atoms with Crippen LogP contribution in [0.25, 0.3) is 0 Å². The zero-order chi connectivity index (χ0) is 14.6. The van der Waals surface area contributed by atoms with Gasteiger partial charge in [0, 0.05) is 11.7 Å². The van der Waals surface area contributed by atoms with Crippen molar-refractivity contribution in [2.75, 3.05) is 5.73 Å². The minimum absolute atomic E-state index is 0.00204. The Balaban J connectivity index is 2.15. The van der Waals surface area contributed by atoms with Crippen LogP contribution in [0.15, 0.2) is 23.1 Å². The molecule has 1 aromatic rings. The van der Waals surface area contributed by atoms with Crippen LogP contribution in [0, 0.1) is 0 Å². The summed E-state index contributed by atoms with van der Waals surface area (Å²) in [6, 6.07) is 4.52. The van der Waals surface area contributed by atoms with E-state index >= 15 is 0 Å². The molecule has 1 aliphatic carbocycles. The van der Waals surface area contributed by atoms with Gasteiger partial charge >= 0.3 is 0 Å². The largest absolute Gasteiger partial charge is 0.399 e. The molecule has 20 heavy (non-hydrogen) atoms. The number of anilines is 1.